The van der Waals surface area contributed by atoms with Gasteiger partial charge in [0, 0.05) is 51.4 Å². The fraction of sp³-hybridized carbons (Fsp3) is 0.393. The van der Waals surface area contributed by atoms with Crippen LogP contribution in [0.2, 0.25) is 0 Å². The maximum absolute atomic E-state index is 12.9. The molecule has 2 aromatic carbocycles. The zero-order valence-corrected chi connectivity index (χ0v) is 22.4. The number of aliphatic imine (C=N–C) groups is 1. The Morgan fingerprint density at radius 3 is 2.66 bits per heavy atom. The third kappa shape index (κ3) is 6.07. The number of rotatable bonds is 11. The second kappa shape index (κ2) is 12.3. The summed E-state index contributed by atoms with van der Waals surface area (Å²) < 4.78 is 5.35. The fourth-order valence-corrected chi connectivity index (χ4v) is 6.02. The van der Waals surface area contributed by atoms with Gasteiger partial charge in [-0.1, -0.05) is 36.4 Å². The highest BCUT2D eigenvalue weighted by Gasteiger charge is 2.38. The highest BCUT2D eigenvalue weighted by atomic mass is 32.2. The van der Waals surface area contributed by atoms with Crippen molar-refractivity contribution in [2.45, 2.75) is 43.8 Å². The topological polar surface area (TPSA) is 131 Å². The number of carbonyl (C=O) groups is 4. The number of esters is 1. The number of hydrogen-bond acceptors (Lipinski definition) is 7. The van der Waals surface area contributed by atoms with Gasteiger partial charge in [0.1, 0.15) is 6.61 Å². The van der Waals surface area contributed by atoms with Gasteiger partial charge in [-0.3, -0.25) is 29.1 Å². The molecule has 0 bridgehead atoms. The van der Waals surface area contributed by atoms with Gasteiger partial charge >= 0.3 is 5.97 Å². The Bertz CT molecular complexity index is 1280. The summed E-state index contributed by atoms with van der Waals surface area (Å²) in [5, 5.41) is 2.53. The van der Waals surface area contributed by atoms with Gasteiger partial charge in [0.25, 0.3) is 0 Å². The fourth-order valence-electron chi connectivity index (χ4n) is 4.89. The molecule has 2 aromatic rings. The Balaban J connectivity index is 1.38. The van der Waals surface area contributed by atoms with Crippen molar-refractivity contribution >= 4 is 47.0 Å². The van der Waals surface area contributed by atoms with E-state index in [4.69, 9.17) is 10.5 Å². The van der Waals surface area contributed by atoms with E-state index in [9.17, 15) is 19.2 Å². The molecule has 0 saturated carbocycles. The molecule has 0 spiro atoms. The number of hydrogen-bond donors (Lipinski definition) is 2. The number of nitrogens with one attached hydrogen (secondary N) is 1. The van der Waals surface area contributed by atoms with Crippen LogP contribution in [0.25, 0.3) is 11.1 Å². The predicted octanol–water partition coefficient (Wildman–Crippen LogP) is 3.32. The Kier molecular flexibility index (Phi) is 8.83. The van der Waals surface area contributed by atoms with Crippen molar-refractivity contribution in [2.75, 3.05) is 31.3 Å². The number of amides is 3. The minimum absolute atomic E-state index is 0.0103. The average Bonchev–Trinajstić information content (AvgIpc) is 3.37. The summed E-state index contributed by atoms with van der Waals surface area (Å²) in [7, 11) is 1.64. The number of thioether (sulfide) groups is 1. The minimum Gasteiger partial charge on any atom is -0.465 e. The Morgan fingerprint density at radius 1 is 1.13 bits per heavy atom. The van der Waals surface area contributed by atoms with Crippen LogP contribution in [0.15, 0.2) is 47.5 Å². The highest BCUT2D eigenvalue weighted by molar-refractivity contribution is 8.00. The molecule has 2 unspecified atom stereocenters. The molecule has 2 aliphatic rings. The summed E-state index contributed by atoms with van der Waals surface area (Å²) in [6.07, 6.45) is 1.56. The molecular weight excluding hydrogens is 504 g/mol. The number of carbonyl (C=O) groups excluding carboxylic acids is 4. The normalized spacial score (nSPS) is 18.4. The summed E-state index contributed by atoms with van der Waals surface area (Å²) >= 11 is 1.44. The van der Waals surface area contributed by atoms with Gasteiger partial charge in [-0.05, 0) is 40.5 Å². The number of nitrogens with two attached hydrogens (primary N) is 1. The lowest BCUT2D eigenvalue weighted by atomic mass is 9.96. The molecular formula is C28H32N4O5S. The molecule has 38 heavy (non-hydrogen) atoms. The van der Waals surface area contributed by atoms with E-state index in [2.05, 4.69) is 10.3 Å². The van der Waals surface area contributed by atoms with Crippen LogP contribution < -0.4 is 11.1 Å². The van der Waals surface area contributed by atoms with E-state index >= 15 is 0 Å². The van der Waals surface area contributed by atoms with Gasteiger partial charge in [-0.25, -0.2) is 0 Å². The van der Waals surface area contributed by atoms with Gasteiger partial charge in [0.15, 0.2) is 0 Å². The van der Waals surface area contributed by atoms with Crippen molar-refractivity contribution in [3.8, 4) is 11.1 Å². The number of likely N-dealkylation sites (tertiary alicyclic amines) is 1. The van der Waals surface area contributed by atoms with Gasteiger partial charge in [-0.15, -0.1) is 11.8 Å². The lowest BCUT2D eigenvalue weighted by Gasteiger charge is -2.18. The highest BCUT2D eigenvalue weighted by Crippen LogP contribution is 2.48. The number of nitrogens with zero attached hydrogens (tertiary/aromatic N) is 2. The average molecular weight is 537 g/mol. The van der Waals surface area contributed by atoms with E-state index in [1.807, 2.05) is 42.5 Å². The summed E-state index contributed by atoms with van der Waals surface area (Å²) in [5.74, 6) is -0.114. The lowest BCUT2D eigenvalue weighted by Crippen LogP contribution is -2.34. The van der Waals surface area contributed by atoms with Gasteiger partial charge in [0.05, 0.1) is 11.1 Å². The molecule has 2 atom stereocenters. The van der Waals surface area contributed by atoms with E-state index in [0.717, 1.165) is 28.7 Å². The maximum atomic E-state index is 12.9. The largest absolute Gasteiger partial charge is 0.465 e. The molecule has 9 nitrogen and oxygen atoms in total. The zero-order chi connectivity index (χ0) is 27.2. The quantitative estimate of drug-likeness (QED) is 0.148. The van der Waals surface area contributed by atoms with Crippen LogP contribution in [-0.2, 0) is 23.9 Å². The molecule has 1 aliphatic heterocycles. The Hall–Kier alpha value is -3.66. The van der Waals surface area contributed by atoms with Crippen LogP contribution >= 0.6 is 11.8 Å². The number of amidine groups is 1. The van der Waals surface area contributed by atoms with E-state index in [1.54, 1.807) is 7.05 Å². The number of imide groups is 1. The molecule has 200 valence electrons. The third-order valence-corrected chi connectivity index (χ3v) is 8.05. The second-order valence-electron chi connectivity index (χ2n) is 9.27. The SMILES string of the molecule is CN=C(N)CCCSC1CC(=O)N(CCC(=O)Nc2cccc3c2C(COC(C)=O)c2ccccc2-3)C1=O. The molecule has 1 fully saturated rings. The summed E-state index contributed by atoms with van der Waals surface area (Å²) in [4.78, 5) is 54.8. The van der Waals surface area contributed by atoms with Gasteiger partial charge < -0.3 is 15.8 Å². The standard InChI is InChI=1S/C28H32N4O5S/c1-17(33)37-16-21-19-8-4-3-7-18(19)20-9-5-10-22(27(20)21)31-25(34)12-13-32-26(35)15-23(28(32)36)38-14-6-11-24(29)30-2/h3-5,7-10,21,23H,6,11-16H2,1-2H3,(H2,29,30)(H,31,34). The molecule has 3 amide bonds. The first-order chi connectivity index (χ1) is 18.3. The van der Waals surface area contributed by atoms with Gasteiger partial charge in [0.2, 0.25) is 17.7 Å². The molecule has 3 N–H and O–H groups in total. The van der Waals surface area contributed by atoms with E-state index < -0.39 is 5.25 Å². The predicted molar refractivity (Wildman–Crippen MR) is 148 cm³/mol. The van der Waals surface area contributed by atoms with Crippen LogP contribution in [0.4, 0.5) is 5.69 Å². The van der Waals surface area contributed by atoms with Crippen LogP contribution in [0.3, 0.4) is 0 Å². The monoisotopic (exact) mass is 536 g/mol. The van der Waals surface area contributed by atoms with E-state index in [0.29, 0.717) is 23.7 Å². The first-order valence-corrected chi connectivity index (χ1v) is 13.7. The number of benzene rings is 2. The number of fused-ring (bicyclic) bond motifs is 3. The van der Waals surface area contributed by atoms with Gasteiger partial charge in [-0.2, -0.15) is 0 Å². The molecule has 0 aromatic heterocycles. The summed E-state index contributed by atoms with van der Waals surface area (Å²) in [6, 6.07) is 13.6. The summed E-state index contributed by atoms with van der Waals surface area (Å²) in [5.41, 5.74) is 10.3. The maximum Gasteiger partial charge on any atom is 0.302 e. The Morgan fingerprint density at radius 2 is 1.89 bits per heavy atom. The lowest BCUT2D eigenvalue weighted by molar-refractivity contribution is -0.141. The van der Waals surface area contributed by atoms with E-state index in [-0.39, 0.29) is 55.6 Å². The molecule has 1 heterocycles. The van der Waals surface area contributed by atoms with Crippen molar-refractivity contribution in [2.24, 2.45) is 10.7 Å². The van der Waals surface area contributed by atoms with Crippen molar-refractivity contribution in [1.29, 1.82) is 0 Å². The first kappa shape index (κ1) is 27.4. The number of ether oxygens (including phenoxy) is 1. The van der Waals surface area contributed by atoms with Crippen molar-refractivity contribution < 1.29 is 23.9 Å². The van der Waals surface area contributed by atoms with Crippen LogP contribution in [-0.4, -0.2) is 65.6 Å². The van der Waals surface area contributed by atoms with Crippen molar-refractivity contribution in [3.63, 3.8) is 0 Å². The summed E-state index contributed by atoms with van der Waals surface area (Å²) in [6.45, 7) is 1.57. The molecule has 0 radical (unpaired) electrons. The second-order valence-corrected chi connectivity index (χ2v) is 10.6. The van der Waals surface area contributed by atoms with Crippen LogP contribution in [0.1, 0.15) is 49.7 Å². The zero-order valence-electron chi connectivity index (χ0n) is 21.6. The van der Waals surface area contributed by atoms with E-state index in [1.165, 1.54) is 23.6 Å². The van der Waals surface area contributed by atoms with Crippen molar-refractivity contribution in [1.82, 2.24) is 4.90 Å². The van der Waals surface area contributed by atoms with Crippen LogP contribution in [0.5, 0.6) is 0 Å². The smallest absolute Gasteiger partial charge is 0.302 e. The third-order valence-electron chi connectivity index (χ3n) is 6.76. The van der Waals surface area contributed by atoms with Crippen molar-refractivity contribution in [3.05, 3.63) is 53.6 Å². The molecule has 4 rings (SSSR count). The molecule has 10 heteroatoms. The molecule has 1 saturated heterocycles. The minimum atomic E-state index is -0.428. The Labute approximate surface area is 226 Å². The van der Waals surface area contributed by atoms with Crippen LogP contribution in [0, 0.1) is 0 Å². The molecule has 1 aliphatic carbocycles. The number of anilines is 1. The first-order valence-electron chi connectivity index (χ1n) is 12.6.